The molecule has 114 valence electrons. The van der Waals surface area contributed by atoms with Crippen LogP contribution in [-0.2, 0) is 10.4 Å². The second-order valence-electron chi connectivity index (χ2n) is 5.67. The summed E-state index contributed by atoms with van der Waals surface area (Å²) in [6, 6.07) is 11.3. The van der Waals surface area contributed by atoms with E-state index in [9.17, 15) is 9.90 Å². The first kappa shape index (κ1) is 14.6. The van der Waals surface area contributed by atoms with Crippen LogP contribution in [0.4, 0.5) is 0 Å². The molecular formula is C18H19NO3. The molecule has 1 unspecified atom stereocenters. The summed E-state index contributed by atoms with van der Waals surface area (Å²) in [6.07, 6.45) is 8.23. The molecule has 0 saturated heterocycles. The predicted octanol–water partition coefficient (Wildman–Crippen LogP) is 2.71. The van der Waals surface area contributed by atoms with Crippen LogP contribution in [0.3, 0.4) is 0 Å². The zero-order valence-corrected chi connectivity index (χ0v) is 12.2. The highest BCUT2D eigenvalue weighted by Crippen LogP contribution is 2.45. The maximum Gasteiger partial charge on any atom is 0.244 e. The topological polar surface area (TPSA) is 62.5 Å². The van der Waals surface area contributed by atoms with Gasteiger partial charge in [-0.25, -0.2) is 0 Å². The Morgan fingerprint density at radius 1 is 1.32 bits per heavy atom. The summed E-state index contributed by atoms with van der Waals surface area (Å²) in [7, 11) is 0. The van der Waals surface area contributed by atoms with Crippen molar-refractivity contribution in [1.82, 2.24) is 5.32 Å². The molecule has 0 bridgehead atoms. The molecule has 3 rings (SSSR count). The first-order chi connectivity index (χ1) is 10.7. The van der Waals surface area contributed by atoms with Gasteiger partial charge in [0.2, 0.25) is 5.91 Å². The number of amides is 1. The van der Waals surface area contributed by atoms with Crippen molar-refractivity contribution in [1.29, 1.82) is 0 Å². The highest BCUT2D eigenvalue weighted by atomic mass is 16.3. The Balaban J connectivity index is 1.64. The molecule has 1 aliphatic rings. The van der Waals surface area contributed by atoms with Crippen LogP contribution in [0, 0.1) is 5.92 Å². The Morgan fingerprint density at radius 2 is 2.09 bits per heavy atom. The van der Waals surface area contributed by atoms with E-state index in [1.807, 2.05) is 30.3 Å². The zero-order valence-electron chi connectivity index (χ0n) is 12.2. The van der Waals surface area contributed by atoms with Crippen molar-refractivity contribution in [3.8, 4) is 0 Å². The van der Waals surface area contributed by atoms with Gasteiger partial charge in [-0.05, 0) is 36.5 Å². The fraction of sp³-hybridized carbons (Fsp3) is 0.278. The molecule has 22 heavy (non-hydrogen) atoms. The summed E-state index contributed by atoms with van der Waals surface area (Å²) < 4.78 is 4.94. The van der Waals surface area contributed by atoms with Crippen LogP contribution in [-0.4, -0.2) is 17.6 Å². The van der Waals surface area contributed by atoms with Crippen LogP contribution in [0.2, 0.25) is 0 Å². The molecule has 1 aromatic carbocycles. The van der Waals surface area contributed by atoms with Crippen LogP contribution in [0.5, 0.6) is 0 Å². The molecule has 1 atom stereocenters. The average Bonchev–Trinajstić information content (AvgIpc) is 3.29. The van der Waals surface area contributed by atoms with Gasteiger partial charge in [-0.3, -0.25) is 4.79 Å². The fourth-order valence-corrected chi connectivity index (χ4v) is 2.59. The fourth-order valence-electron chi connectivity index (χ4n) is 2.59. The molecule has 1 aromatic heterocycles. The molecule has 0 aliphatic heterocycles. The Kier molecular flexibility index (Phi) is 4.11. The van der Waals surface area contributed by atoms with Gasteiger partial charge in [0.05, 0.1) is 19.1 Å². The quantitative estimate of drug-likeness (QED) is 0.806. The number of benzene rings is 1. The highest BCUT2D eigenvalue weighted by molar-refractivity contribution is 5.91. The Bertz CT molecular complexity index is 644. The van der Waals surface area contributed by atoms with Crippen molar-refractivity contribution in [3.63, 3.8) is 0 Å². The number of nitrogens with one attached hydrogen (secondary N) is 1. The first-order valence-corrected chi connectivity index (χ1v) is 7.44. The number of carbonyl (C=O) groups is 1. The van der Waals surface area contributed by atoms with Gasteiger partial charge in [0.15, 0.2) is 0 Å². The van der Waals surface area contributed by atoms with Gasteiger partial charge >= 0.3 is 0 Å². The summed E-state index contributed by atoms with van der Waals surface area (Å²) in [6.45, 7) is 0.218. The van der Waals surface area contributed by atoms with Crippen LogP contribution >= 0.6 is 0 Å². The lowest BCUT2D eigenvalue weighted by Gasteiger charge is -2.29. The molecule has 0 radical (unpaired) electrons. The Labute approximate surface area is 129 Å². The van der Waals surface area contributed by atoms with E-state index in [-0.39, 0.29) is 18.4 Å². The number of hydrogen-bond acceptors (Lipinski definition) is 3. The molecule has 1 heterocycles. The third kappa shape index (κ3) is 3.28. The van der Waals surface area contributed by atoms with Gasteiger partial charge in [-0.15, -0.1) is 0 Å². The SMILES string of the molecule is O=C(/C=C/c1ccoc1)NCC(O)(c1ccccc1)C1CC1. The van der Waals surface area contributed by atoms with Crippen molar-refractivity contribution >= 4 is 12.0 Å². The maximum absolute atomic E-state index is 11.9. The summed E-state index contributed by atoms with van der Waals surface area (Å²) >= 11 is 0. The van der Waals surface area contributed by atoms with E-state index in [1.165, 1.54) is 6.08 Å². The molecule has 2 aromatic rings. The molecule has 0 spiro atoms. The number of carbonyl (C=O) groups excluding carboxylic acids is 1. The van der Waals surface area contributed by atoms with Crippen LogP contribution in [0.15, 0.2) is 59.4 Å². The Hall–Kier alpha value is -2.33. The minimum Gasteiger partial charge on any atom is -0.472 e. The molecule has 1 fully saturated rings. The van der Waals surface area contributed by atoms with Crippen molar-refractivity contribution in [2.75, 3.05) is 6.54 Å². The van der Waals surface area contributed by atoms with E-state index in [0.717, 1.165) is 24.0 Å². The van der Waals surface area contributed by atoms with E-state index in [4.69, 9.17) is 4.42 Å². The van der Waals surface area contributed by atoms with E-state index < -0.39 is 5.60 Å². The predicted molar refractivity (Wildman–Crippen MR) is 83.8 cm³/mol. The normalized spacial score (nSPS) is 17.3. The van der Waals surface area contributed by atoms with Crippen molar-refractivity contribution < 1.29 is 14.3 Å². The smallest absolute Gasteiger partial charge is 0.244 e. The minimum absolute atomic E-state index is 0.216. The second-order valence-corrected chi connectivity index (χ2v) is 5.67. The maximum atomic E-state index is 11.9. The van der Waals surface area contributed by atoms with Gasteiger partial charge in [0.25, 0.3) is 0 Å². The Morgan fingerprint density at radius 3 is 2.73 bits per heavy atom. The zero-order chi connectivity index (χ0) is 15.4. The van der Waals surface area contributed by atoms with Crippen molar-refractivity contribution in [2.45, 2.75) is 18.4 Å². The third-order valence-corrected chi connectivity index (χ3v) is 4.03. The van der Waals surface area contributed by atoms with Gasteiger partial charge in [0, 0.05) is 11.6 Å². The summed E-state index contributed by atoms with van der Waals surface area (Å²) in [5.74, 6) is -0.00994. The van der Waals surface area contributed by atoms with Crippen molar-refractivity contribution in [3.05, 3.63) is 66.1 Å². The summed E-state index contributed by atoms with van der Waals surface area (Å²) in [5.41, 5.74) is 0.702. The van der Waals surface area contributed by atoms with Gasteiger partial charge in [-0.2, -0.15) is 0 Å². The average molecular weight is 297 g/mol. The number of rotatable bonds is 6. The molecule has 4 nitrogen and oxygen atoms in total. The van der Waals surface area contributed by atoms with Crippen LogP contribution in [0.25, 0.3) is 6.08 Å². The van der Waals surface area contributed by atoms with Gasteiger partial charge in [0.1, 0.15) is 5.60 Å². The third-order valence-electron chi connectivity index (χ3n) is 4.03. The molecular weight excluding hydrogens is 278 g/mol. The molecule has 1 amide bonds. The van der Waals surface area contributed by atoms with Gasteiger partial charge < -0.3 is 14.8 Å². The molecule has 1 saturated carbocycles. The summed E-state index contributed by atoms with van der Waals surface area (Å²) in [4.78, 5) is 11.9. The summed E-state index contributed by atoms with van der Waals surface area (Å²) in [5, 5.41) is 13.8. The van der Waals surface area contributed by atoms with Crippen molar-refractivity contribution in [2.24, 2.45) is 5.92 Å². The van der Waals surface area contributed by atoms with E-state index >= 15 is 0 Å². The molecule has 1 aliphatic carbocycles. The van der Waals surface area contributed by atoms with Crippen LogP contribution < -0.4 is 5.32 Å². The van der Waals surface area contributed by atoms with E-state index in [2.05, 4.69) is 5.32 Å². The highest BCUT2D eigenvalue weighted by Gasteiger charge is 2.45. The molecule has 4 heteroatoms. The molecule has 2 N–H and O–H groups in total. The monoisotopic (exact) mass is 297 g/mol. The number of furan rings is 1. The standard InChI is InChI=1S/C18H19NO3/c20-17(9-6-14-10-11-22-12-14)19-13-18(21,16-7-8-16)15-4-2-1-3-5-15/h1-6,9-12,16,21H,7-8,13H2,(H,19,20)/b9-6+. The lowest BCUT2D eigenvalue weighted by molar-refractivity contribution is -0.118. The number of hydrogen-bond donors (Lipinski definition) is 2. The minimum atomic E-state index is -0.986. The van der Waals surface area contributed by atoms with E-state index in [1.54, 1.807) is 24.7 Å². The van der Waals surface area contributed by atoms with Gasteiger partial charge in [-0.1, -0.05) is 30.3 Å². The largest absolute Gasteiger partial charge is 0.472 e. The second kappa shape index (κ2) is 6.20. The number of aliphatic hydroxyl groups is 1. The lowest BCUT2D eigenvalue weighted by Crippen LogP contribution is -2.42. The lowest BCUT2D eigenvalue weighted by atomic mass is 9.88. The van der Waals surface area contributed by atoms with Crippen LogP contribution in [0.1, 0.15) is 24.0 Å². The van der Waals surface area contributed by atoms with E-state index in [0.29, 0.717) is 0 Å². The first-order valence-electron chi connectivity index (χ1n) is 7.44.